The summed E-state index contributed by atoms with van der Waals surface area (Å²) in [5.74, 6) is 0. The van der Waals surface area contributed by atoms with Crippen LogP contribution in [-0.4, -0.2) is 6.54 Å². The van der Waals surface area contributed by atoms with E-state index >= 15 is 0 Å². The molecule has 1 aromatic rings. The molecule has 2 rings (SSSR count). The lowest BCUT2D eigenvalue weighted by molar-refractivity contribution is 0.590. The molecule has 1 nitrogen and oxygen atoms in total. The van der Waals surface area contributed by atoms with Crippen molar-refractivity contribution in [2.75, 3.05) is 11.9 Å². The van der Waals surface area contributed by atoms with E-state index < -0.39 is 0 Å². The minimum absolute atomic E-state index is 0.275. The van der Waals surface area contributed by atoms with E-state index in [-0.39, 0.29) is 5.41 Å². The molecule has 0 saturated heterocycles. The fraction of sp³-hybridized carbons (Fsp3) is 0.500. The average molecular weight is 175 g/mol. The maximum atomic E-state index is 3.38. The molecule has 0 amide bonds. The smallest absolute Gasteiger partial charge is 0.0373 e. The molecule has 0 unspecified atom stereocenters. The van der Waals surface area contributed by atoms with Gasteiger partial charge in [-0.1, -0.05) is 32.9 Å². The van der Waals surface area contributed by atoms with E-state index in [1.807, 2.05) is 0 Å². The van der Waals surface area contributed by atoms with Crippen LogP contribution in [0.4, 0.5) is 5.69 Å². The van der Waals surface area contributed by atoms with Crippen LogP contribution in [0.2, 0.25) is 0 Å². The second kappa shape index (κ2) is 2.76. The SMILES string of the molecule is CC(C)(C)c1ccc2c(c1)CCN2. The van der Waals surface area contributed by atoms with Gasteiger partial charge in [0.05, 0.1) is 0 Å². The summed E-state index contributed by atoms with van der Waals surface area (Å²) in [6.07, 6.45) is 1.18. The predicted molar refractivity (Wildman–Crippen MR) is 57.3 cm³/mol. The van der Waals surface area contributed by atoms with E-state index in [4.69, 9.17) is 0 Å². The third-order valence-electron chi connectivity index (χ3n) is 2.68. The molecule has 0 radical (unpaired) electrons. The molecule has 1 aromatic carbocycles. The molecule has 1 heterocycles. The molecule has 0 saturated carbocycles. The van der Waals surface area contributed by atoms with Crippen molar-refractivity contribution >= 4 is 5.69 Å². The summed E-state index contributed by atoms with van der Waals surface area (Å²) in [7, 11) is 0. The summed E-state index contributed by atoms with van der Waals surface area (Å²) in [6.45, 7) is 7.88. The zero-order valence-corrected chi connectivity index (χ0v) is 8.65. The quantitative estimate of drug-likeness (QED) is 0.639. The Morgan fingerprint density at radius 3 is 2.69 bits per heavy atom. The Morgan fingerprint density at radius 1 is 1.23 bits per heavy atom. The van der Waals surface area contributed by atoms with E-state index in [0.717, 1.165) is 6.54 Å². The highest BCUT2D eigenvalue weighted by Crippen LogP contribution is 2.29. The topological polar surface area (TPSA) is 12.0 Å². The fourth-order valence-corrected chi connectivity index (χ4v) is 1.77. The van der Waals surface area contributed by atoms with Crippen LogP contribution in [0.1, 0.15) is 31.9 Å². The standard InChI is InChI=1S/C12H17N/c1-12(2,3)10-4-5-11-9(8-10)6-7-13-11/h4-5,8,13H,6-7H2,1-3H3. The molecule has 1 aliphatic rings. The first-order valence-corrected chi connectivity index (χ1v) is 4.95. The van der Waals surface area contributed by atoms with E-state index in [1.165, 1.54) is 23.2 Å². The lowest BCUT2D eigenvalue weighted by Crippen LogP contribution is -2.10. The Labute approximate surface area is 80.2 Å². The van der Waals surface area contributed by atoms with Crippen molar-refractivity contribution in [2.45, 2.75) is 32.6 Å². The lowest BCUT2D eigenvalue weighted by atomic mass is 9.86. The number of hydrogen-bond donors (Lipinski definition) is 1. The minimum atomic E-state index is 0.275. The van der Waals surface area contributed by atoms with Gasteiger partial charge in [0, 0.05) is 12.2 Å². The predicted octanol–water partition coefficient (Wildman–Crippen LogP) is 2.95. The molecule has 1 aliphatic heterocycles. The first-order valence-electron chi connectivity index (χ1n) is 4.95. The molecule has 0 spiro atoms. The summed E-state index contributed by atoms with van der Waals surface area (Å²) in [4.78, 5) is 0. The van der Waals surface area contributed by atoms with Crippen molar-refractivity contribution in [1.29, 1.82) is 0 Å². The van der Waals surface area contributed by atoms with Gasteiger partial charge in [-0.25, -0.2) is 0 Å². The van der Waals surface area contributed by atoms with Gasteiger partial charge in [0.15, 0.2) is 0 Å². The van der Waals surface area contributed by atoms with Crippen LogP contribution in [0, 0.1) is 0 Å². The van der Waals surface area contributed by atoms with Crippen molar-refractivity contribution in [2.24, 2.45) is 0 Å². The Kier molecular flexibility index (Phi) is 1.83. The van der Waals surface area contributed by atoms with Gasteiger partial charge >= 0.3 is 0 Å². The average Bonchev–Trinajstić information content (AvgIpc) is 2.47. The summed E-state index contributed by atoms with van der Waals surface area (Å²) < 4.78 is 0. The maximum Gasteiger partial charge on any atom is 0.0373 e. The van der Waals surface area contributed by atoms with Crippen LogP contribution < -0.4 is 5.32 Å². The highest BCUT2D eigenvalue weighted by Gasteiger charge is 2.17. The van der Waals surface area contributed by atoms with Crippen LogP contribution in [0.25, 0.3) is 0 Å². The molecule has 0 aliphatic carbocycles. The van der Waals surface area contributed by atoms with Crippen LogP contribution in [0.15, 0.2) is 18.2 Å². The molecule has 0 fully saturated rings. The number of hydrogen-bond acceptors (Lipinski definition) is 1. The molecule has 1 heteroatoms. The Morgan fingerprint density at radius 2 is 2.00 bits per heavy atom. The molecule has 0 aromatic heterocycles. The number of benzene rings is 1. The third-order valence-corrected chi connectivity index (χ3v) is 2.68. The minimum Gasteiger partial charge on any atom is -0.384 e. The van der Waals surface area contributed by atoms with E-state index in [2.05, 4.69) is 44.3 Å². The van der Waals surface area contributed by atoms with E-state index in [9.17, 15) is 0 Å². The van der Waals surface area contributed by atoms with Crippen molar-refractivity contribution < 1.29 is 0 Å². The van der Waals surface area contributed by atoms with Crippen molar-refractivity contribution in [3.05, 3.63) is 29.3 Å². The molecule has 70 valence electrons. The zero-order valence-electron chi connectivity index (χ0n) is 8.65. The fourth-order valence-electron chi connectivity index (χ4n) is 1.77. The second-order valence-corrected chi connectivity index (χ2v) is 4.80. The highest BCUT2D eigenvalue weighted by molar-refractivity contribution is 5.57. The third kappa shape index (κ3) is 1.55. The monoisotopic (exact) mass is 175 g/mol. The number of rotatable bonds is 0. The van der Waals surface area contributed by atoms with Gasteiger partial charge in [0.2, 0.25) is 0 Å². The van der Waals surface area contributed by atoms with Gasteiger partial charge < -0.3 is 5.32 Å². The zero-order chi connectivity index (χ0) is 9.47. The van der Waals surface area contributed by atoms with Crippen molar-refractivity contribution in [3.8, 4) is 0 Å². The van der Waals surface area contributed by atoms with Gasteiger partial charge in [-0.05, 0) is 29.0 Å². The number of fused-ring (bicyclic) bond motifs is 1. The van der Waals surface area contributed by atoms with E-state index in [1.54, 1.807) is 0 Å². The Balaban J connectivity index is 2.42. The van der Waals surface area contributed by atoms with Crippen molar-refractivity contribution in [1.82, 2.24) is 0 Å². The largest absolute Gasteiger partial charge is 0.384 e. The highest BCUT2D eigenvalue weighted by atomic mass is 14.9. The molecule has 0 atom stereocenters. The summed E-state index contributed by atoms with van der Waals surface area (Å²) in [5.41, 5.74) is 4.52. The Bertz CT molecular complexity index is 320. The molecule has 1 N–H and O–H groups in total. The van der Waals surface area contributed by atoms with Crippen molar-refractivity contribution in [3.63, 3.8) is 0 Å². The normalized spacial score (nSPS) is 15.3. The molecular formula is C12H17N. The summed E-state index contributed by atoms with van der Waals surface area (Å²) in [5, 5.41) is 3.38. The van der Waals surface area contributed by atoms with Gasteiger partial charge in [-0.15, -0.1) is 0 Å². The summed E-state index contributed by atoms with van der Waals surface area (Å²) >= 11 is 0. The first kappa shape index (κ1) is 8.61. The van der Waals surface area contributed by atoms with Gasteiger partial charge in [-0.3, -0.25) is 0 Å². The number of nitrogens with one attached hydrogen (secondary N) is 1. The summed E-state index contributed by atoms with van der Waals surface area (Å²) in [6, 6.07) is 6.79. The molecular weight excluding hydrogens is 158 g/mol. The molecule has 13 heavy (non-hydrogen) atoms. The Hall–Kier alpha value is -0.980. The van der Waals surface area contributed by atoms with Gasteiger partial charge in [-0.2, -0.15) is 0 Å². The van der Waals surface area contributed by atoms with Gasteiger partial charge in [0.25, 0.3) is 0 Å². The first-order chi connectivity index (χ1) is 6.07. The van der Waals surface area contributed by atoms with Crippen LogP contribution in [-0.2, 0) is 11.8 Å². The lowest BCUT2D eigenvalue weighted by Gasteiger charge is -2.19. The second-order valence-electron chi connectivity index (χ2n) is 4.80. The number of anilines is 1. The van der Waals surface area contributed by atoms with Crippen LogP contribution >= 0.6 is 0 Å². The van der Waals surface area contributed by atoms with Gasteiger partial charge in [0.1, 0.15) is 0 Å². The van der Waals surface area contributed by atoms with Crippen LogP contribution in [0.5, 0.6) is 0 Å². The van der Waals surface area contributed by atoms with Crippen LogP contribution in [0.3, 0.4) is 0 Å². The maximum absolute atomic E-state index is 3.38. The molecule has 0 bridgehead atoms. The van der Waals surface area contributed by atoms with E-state index in [0.29, 0.717) is 0 Å².